The summed E-state index contributed by atoms with van der Waals surface area (Å²) in [5.41, 5.74) is 1.70. The standard InChI is InChI=1S/C19H17Cl2N3O3/c1-9-6-15(22-23(9)8-10-2-3-11(20)7-12(10)21)24-18(25)16-13-4-5-14(27-13)17(16)19(24)26/h2-3,6-7,13-14,16-17H,4-5,8H2,1H3/t13-,14-,16-,17+/m1/s1. The zero-order valence-corrected chi connectivity index (χ0v) is 16.1. The van der Waals surface area contributed by atoms with Crippen molar-refractivity contribution in [2.75, 3.05) is 4.90 Å². The van der Waals surface area contributed by atoms with Crippen molar-refractivity contribution in [2.45, 2.75) is 38.5 Å². The van der Waals surface area contributed by atoms with Gasteiger partial charge in [-0.2, -0.15) is 5.10 Å². The summed E-state index contributed by atoms with van der Waals surface area (Å²) in [5, 5.41) is 5.64. The Bertz CT molecular complexity index is 945. The lowest BCUT2D eigenvalue weighted by Crippen LogP contribution is -2.34. The van der Waals surface area contributed by atoms with E-state index in [1.54, 1.807) is 22.9 Å². The third-order valence-electron chi connectivity index (χ3n) is 5.82. The molecule has 27 heavy (non-hydrogen) atoms. The number of nitrogens with zero attached hydrogens (tertiary/aromatic N) is 3. The molecular formula is C19H17Cl2N3O3. The average Bonchev–Trinajstić information content (AvgIpc) is 3.35. The van der Waals surface area contributed by atoms with Crippen LogP contribution in [0.1, 0.15) is 24.1 Å². The van der Waals surface area contributed by atoms with Crippen LogP contribution in [0.15, 0.2) is 24.3 Å². The van der Waals surface area contributed by atoms with Crippen molar-refractivity contribution in [1.82, 2.24) is 9.78 Å². The number of aromatic nitrogens is 2. The summed E-state index contributed by atoms with van der Waals surface area (Å²) < 4.78 is 7.52. The highest BCUT2D eigenvalue weighted by atomic mass is 35.5. The van der Waals surface area contributed by atoms with E-state index in [1.807, 2.05) is 13.0 Å². The van der Waals surface area contributed by atoms with Gasteiger partial charge in [0.25, 0.3) is 0 Å². The molecule has 140 valence electrons. The van der Waals surface area contributed by atoms with Crippen molar-refractivity contribution in [3.05, 3.63) is 45.6 Å². The number of hydrogen-bond donors (Lipinski definition) is 0. The topological polar surface area (TPSA) is 64.4 Å². The van der Waals surface area contributed by atoms with Gasteiger partial charge in [0.15, 0.2) is 5.82 Å². The summed E-state index contributed by atoms with van der Waals surface area (Å²) in [7, 11) is 0. The number of carbonyl (C=O) groups is 2. The van der Waals surface area contributed by atoms with Gasteiger partial charge < -0.3 is 4.74 Å². The lowest BCUT2D eigenvalue weighted by Gasteiger charge is -2.15. The number of rotatable bonds is 3. The van der Waals surface area contributed by atoms with Gasteiger partial charge >= 0.3 is 0 Å². The van der Waals surface area contributed by atoms with Gasteiger partial charge in [0, 0.05) is 21.8 Å². The highest BCUT2D eigenvalue weighted by Crippen LogP contribution is 2.49. The van der Waals surface area contributed by atoms with Gasteiger partial charge in [-0.1, -0.05) is 29.3 Å². The van der Waals surface area contributed by atoms with Crippen LogP contribution in [0.4, 0.5) is 5.82 Å². The predicted octanol–water partition coefficient (Wildman–Crippen LogP) is 3.21. The van der Waals surface area contributed by atoms with E-state index in [-0.39, 0.29) is 35.9 Å². The number of anilines is 1. The molecule has 0 saturated carbocycles. The molecule has 3 aliphatic rings. The lowest BCUT2D eigenvalue weighted by atomic mass is 9.81. The Morgan fingerprint density at radius 3 is 2.41 bits per heavy atom. The molecule has 2 bridgehead atoms. The first-order valence-corrected chi connectivity index (χ1v) is 9.71. The summed E-state index contributed by atoms with van der Waals surface area (Å²) in [4.78, 5) is 27.0. The van der Waals surface area contributed by atoms with E-state index in [9.17, 15) is 9.59 Å². The maximum atomic E-state index is 12.9. The van der Waals surface area contributed by atoms with E-state index in [0.29, 0.717) is 22.4 Å². The molecule has 0 radical (unpaired) electrons. The van der Waals surface area contributed by atoms with E-state index in [0.717, 1.165) is 24.1 Å². The molecule has 2 aromatic rings. The maximum absolute atomic E-state index is 12.9. The zero-order chi connectivity index (χ0) is 18.9. The molecule has 4 atom stereocenters. The largest absolute Gasteiger partial charge is 0.373 e. The van der Waals surface area contributed by atoms with Gasteiger partial charge in [0.05, 0.1) is 30.6 Å². The van der Waals surface area contributed by atoms with Crippen LogP contribution in [-0.4, -0.2) is 33.8 Å². The second-order valence-electron chi connectivity index (χ2n) is 7.39. The molecule has 1 aromatic carbocycles. The minimum Gasteiger partial charge on any atom is -0.373 e. The first-order chi connectivity index (χ1) is 12.9. The van der Waals surface area contributed by atoms with Crippen LogP contribution in [-0.2, 0) is 20.9 Å². The summed E-state index contributed by atoms with van der Waals surface area (Å²) in [5.74, 6) is -0.709. The van der Waals surface area contributed by atoms with Gasteiger partial charge in [0.1, 0.15) is 0 Å². The van der Waals surface area contributed by atoms with Crippen molar-refractivity contribution in [2.24, 2.45) is 11.8 Å². The fourth-order valence-corrected chi connectivity index (χ4v) is 4.98. The summed E-state index contributed by atoms with van der Waals surface area (Å²) >= 11 is 12.2. The Morgan fingerprint density at radius 2 is 1.78 bits per heavy atom. The maximum Gasteiger partial charge on any atom is 0.241 e. The fraction of sp³-hybridized carbons (Fsp3) is 0.421. The van der Waals surface area contributed by atoms with Crippen molar-refractivity contribution in [3.63, 3.8) is 0 Å². The predicted molar refractivity (Wildman–Crippen MR) is 99.9 cm³/mol. The first kappa shape index (κ1) is 17.2. The van der Waals surface area contributed by atoms with E-state index in [4.69, 9.17) is 27.9 Å². The zero-order valence-electron chi connectivity index (χ0n) is 14.6. The van der Waals surface area contributed by atoms with Gasteiger partial charge in [-0.15, -0.1) is 0 Å². The molecule has 6 nitrogen and oxygen atoms in total. The third kappa shape index (κ3) is 2.54. The molecule has 5 rings (SSSR count). The lowest BCUT2D eigenvalue weighted by molar-refractivity contribution is -0.124. The molecular weight excluding hydrogens is 389 g/mol. The smallest absolute Gasteiger partial charge is 0.241 e. The monoisotopic (exact) mass is 405 g/mol. The number of hydrogen-bond acceptors (Lipinski definition) is 4. The normalized spacial score (nSPS) is 29.1. The van der Waals surface area contributed by atoms with E-state index in [2.05, 4.69) is 5.10 Å². The number of imide groups is 1. The second kappa shape index (κ2) is 6.06. The number of carbonyl (C=O) groups excluding carboxylic acids is 2. The Kier molecular flexibility index (Phi) is 3.86. The molecule has 8 heteroatoms. The Hall–Kier alpha value is -1.89. The molecule has 3 aliphatic heterocycles. The summed E-state index contributed by atoms with van der Waals surface area (Å²) in [6.07, 6.45) is 1.44. The Balaban J connectivity index is 1.44. The van der Waals surface area contributed by atoms with Gasteiger partial charge in [-0.3, -0.25) is 14.3 Å². The molecule has 0 unspecified atom stereocenters. The van der Waals surface area contributed by atoms with Crippen LogP contribution in [0.2, 0.25) is 10.0 Å². The quantitative estimate of drug-likeness (QED) is 0.735. The first-order valence-electron chi connectivity index (χ1n) is 8.95. The van der Waals surface area contributed by atoms with E-state index >= 15 is 0 Å². The number of amides is 2. The van der Waals surface area contributed by atoms with Crippen molar-refractivity contribution in [3.8, 4) is 0 Å². The number of benzene rings is 1. The van der Waals surface area contributed by atoms with Gasteiger partial charge in [0.2, 0.25) is 11.8 Å². The fourth-order valence-electron chi connectivity index (χ4n) is 4.51. The Labute approximate surface area is 166 Å². The van der Waals surface area contributed by atoms with Crippen molar-refractivity contribution in [1.29, 1.82) is 0 Å². The van der Waals surface area contributed by atoms with Crippen LogP contribution < -0.4 is 4.90 Å². The molecule has 3 fully saturated rings. The summed E-state index contributed by atoms with van der Waals surface area (Å²) in [6.45, 7) is 2.32. The van der Waals surface area contributed by atoms with Crippen molar-refractivity contribution >= 4 is 40.8 Å². The number of aryl methyl sites for hydroxylation is 1. The molecule has 1 aromatic heterocycles. The minimum atomic E-state index is -0.354. The third-order valence-corrected chi connectivity index (χ3v) is 6.40. The highest BCUT2D eigenvalue weighted by molar-refractivity contribution is 6.35. The number of fused-ring (bicyclic) bond motifs is 5. The highest BCUT2D eigenvalue weighted by Gasteiger charge is 2.63. The molecule has 3 saturated heterocycles. The number of halogens is 2. The molecule has 0 N–H and O–H groups in total. The average molecular weight is 406 g/mol. The molecule has 2 amide bonds. The molecule has 0 aliphatic carbocycles. The number of ether oxygens (including phenoxy) is 1. The van der Waals surface area contributed by atoms with E-state index < -0.39 is 0 Å². The van der Waals surface area contributed by atoms with Crippen molar-refractivity contribution < 1.29 is 14.3 Å². The van der Waals surface area contributed by atoms with E-state index in [1.165, 1.54) is 4.90 Å². The van der Waals surface area contributed by atoms with Gasteiger partial charge in [-0.25, -0.2) is 4.90 Å². The van der Waals surface area contributed by atoms with Crippen LogP contribution in [0.25, 0.3) is 0 Å². The van der Waals surface area contributed by atoms with Crippen LogP contribution in [0, 0.1) is 18.8 Å². The SMILES string of the molecule is Cc1cc(N2C(=O)[C@@H]3[C@H](C2=O)[C@H]2CC[C@H]3O2)nn1Cc1ccc(Cl)cc1Cl. The second-order valence-corrected chi connectivity index (χ2v) is 8.23. The van der Waals surface area contributed by atoms with Crippen LogP contribution in [0.5, 0.6) is 0 Å². The molecule has 0 spiro atoms. The van der Waals surface area contributed by atoms with Crippen LogP contribution >= 0.6 is 23.2 Å². The summed E-state index contributed by atoms with van der Waals surface area (Å²) in [6, 6.07) is 7.07. The minimum absolute atomic E-state index is 0.127. The molecule has 4 heterocycles. The van der Waals surface area contributed by atoms with Crippen LogP contribution in [0.3, 0.4) is 0 Å². The Morgan fingerprint density at radius 1 is 1.11 bits per heavy atom. The van der Waals surface area contributed by atoms with Gasteiger partial charge in [-0.05, 0) is 37.5 Å².